The van der Waals surface area contributed by atoms with Gasteiger partial charge < -0.3 is 24.8 Å². The van der Waals surface area contributed by atoms with Gasteiger partial charge in [0.1, 0.15) is 5.60 Å². The lowest BCUT2D eigenvalue weighted by molar-refractivity contribution is 0.00928. The number of carbonyl (C=O) groups is 1. The Balaban J connectivity index is 1.78. The zero-order valence-corrected chi connectivity index (χ0v) is 21.1. The van der Waals surface area contributed by atoms with Gasteiger partial charge in [0.05, 0.1) is 0 Å². The molecule has 2 aliphatic rings. The van der Waals surface area contributed by atoms with Gasteiger partial charge in [-0.2, -0.15) is 0 Å². The second kappa shape index (κ2) is 11.9. The van der Waals surface area contributed by atoms with Crippen molar-refractivity contribution in [3.63, 3.8) is 0 Å². The normalized spacial score (nSPS) is 18.6. The van der Waals surface area contributed by atoms with Crippen LogP contribution in [0.4, 0.5) is 4.79 Å². The predicted molar refractivity (Wildman–Crippen MR) is 129 cm³/mol. The van der Waals surface area contributed by atoms with Crippen molar-refractivity contribution in [3.05, 3.63) is 0 Å². The molecule has 7 heteroatoms. The Hall–Kier alpha value is -1.50. The van der Waals surface area contributed by atoms with Crippen molar-refractivity contribution in [3.8, 4) is 0 Å². The number of amides is 1. The van der Waals surface area contributed by atoms with Gasteiger partial charge in [0.2, 0.25) is 0 Å². The number of rotatable bonds is 9. The van der Waals surface area contributed by atoms with Gasteiger partial charge in [0.25, 0.3) is 0 Å². The molecule has 2 rings (SSSR count). The standard InChI is InChI=1S/C24H47N5O2/c1-19(2)27(7)15-9-8-14-26-22(25-6)28-16-12-21(13-17-28)29(18-20-10-11-20)23(30)31-24(3,4)5/h19-21H,8-18H2,1-7H3,(H,25,26). The summed E-state index contributed by atoms with van der Waals surface area (Å²) in [6.07, 6.45) is 6.58. The zero-order valence-electron chi connectivity index (χ0n) is 21.1. The maximum atomic E-state index is 12.8. The number of guanidine groups is 1. The third-order valence-electron chi connectivity index (χ3n) is 6.30. The number of likely N-dealkylation sites (tertiary alicyclic amines) is 1. The highest BCUT2D eigenvalue weighted by Crippen LogP contribution is 2.32. The van der Waals surface area contributed by atoms with Crippen LogP contribution >= 0.6 is 0 Å². The largest absolute Gasteiger partial charge is 0.444 e. The van der Waals surface area contributed by atoms with E-state index in [2.05, 4.69) is 41.0 Å². The van der Waals surface area contributed by atoms with Gasteiger partial charge in [-0.15, -0.1) is 0 Å². The van der Waals surface area contributed by atoms with Crippen LogP contribution in [0, 0.1) is 5.92 Å². The van der Waals surface area contributed by atoms with Crippen LogP contribution < -0.4 is 5.32 Å². The predicted octanol–water partition coefficient (Wildman–Crippen LogP) is 3.79. The highest BCUT2D eigenvalue weighted by Gasteiger charge is 2.35. The number of piperidine rings is 1. The van der Waals surface area contributed by atoms with Crippen molar-refractivity contribution in [2.75, 3.05) is 46.8 Å². The second-order valence-electron chi connectivity index (χ2n) is 10.5. The summed E-state index contributed by atoms with van der Waals surface area (Å²) >= 11 is 0. The third kappa shape index (κ3) is 9.26. The summed E-state index contributed by atoms with van der Waals surface area (Å²) < 4.78 is 5.72. The minimum Gasteiger partial charge on any atom is -0.444 e. The number of hydrogen-bond donors (Lipinski definition) is 1. The smallest absolute Gasteiger partial charge is 0.410 e. The molecule has 0 atom stereocenters. The van der Waals surface area contributed by atoms with E-state index in [1.807, 2.05) is 32.7 Å². The monoisotopic (exact) mass is 437 g/mol. The van der Waals surface area contributed by atoms with Crippen molar-refractivity contribution < 1.29 is 9.53 Å². The van der Waals surface area contributed by atoms with Crippen molar-refractivity contribution in [1.29, 1.82) is 0 Å². The van der Waals surface area contributed by atoms with Crippen LogP contribution in [-0.2, 0) is 4.74 Å². The fraction of sp³-hybridized carbons (Fsp3) is 0.917. The molecule has 1 amide bonds. The van der Waals surface area contributed by atoms with Crippen LogP contribution in [-0.4, -0.2) is 91.3 Å². The Morgan fingerprint density at radius 3 is 2.32 bits per heavy atom. The highest BCUT2D eigenvalue weighted by atomic mass is 16.6. The van der Waals surface area contributed by atoms with Crippen LogP contribution in [0.3, 0.4) is 0 Å². The van der Waals surface area contributed by atoms with E-state index >= 15 is 0 Å². The van der Waals surface area contributed by atoms with E-state index < -0.39 is 5.60 Å². The molecule has 2 fully saturated rings. The zero-order chi connectivity index (χ0) is 23.0. The van der Waals surface area contributed by atoms with Crippen LogP contribution in [0.5, 0.6) is 0 Å². The molecular weight excluding hydrogens is 390 g/mol. The number of unbranched alkanes of at least 4 members (excludes halogenated alkanes) is 1. The lowest BCUT2D eigenvalue weighted by Crippen LogP contribution is -2.52. The van der Waals surface area contributed by atoms with E-state index in [4.69, 9.17) is 4.74 Å². The Labute approximate surface area is 190 Å². The quantitative estimate of drug-likeness (QED) is 0.338. The van der Waals surface area contributed by atoms with Crippen molar-refractivity contribution in [2.24, 2.45) is 10.9 Å². The molecule has 0 bridgehead atoms. The second-order valence-corrected chi connectivity index (χ2v) is 10.5. The molecule has 1 aliphatic carbocycles. The number of nitrogens with one attached hydrogen (secondary N) is 1. The molecule has 0 unspecified atom stereocenters. The molecule has 0 aromatic rings. The molecule has 31 heavy (non-hydrogen) atoms. The van der Waals surface area contributed by atoms with Crippen LogP contribution in [0.15, 0.2) is 4.99 Å². The minimum atomic E-state index is -0.449. The fourth-order valence-corrected chi connectivity index (χ4v) is 3.94. The van der Waals surface area contributed by atoms with Gasteiger partial charge in [0, 0.05) is 45.3 Å². The lowest BCUT2D eigenvalue weighted by atomic mass is 10.0. The Kier molecular flexibility index (Phi) is 9.91. The third-order valence-corrected chi connectivity index (χ3v) is 6.30. The van der Waals surface area contributed by atoms with Crippen LogP contribution in [0.1, 0.15) is 73.1 Å². The maximum Gasteiger partial charge on any atom is 0.410 e. The van der Waals surface area contributed by atoms with Gasteiger partial charge in [-0.1, -0.05) is 0 Å². The van der Waals surface area contributed by atoms with E-state index in [9.17, 15) is 4.79 Å². The molecule has 1 heterocycles. The van der Waals surface area contributed by atoms with Gasteiger partial charge >= 0.3 is 6.09 Å². The number of aliphatic imine (C=N–C) groups is 1. The summed E-state index contributed by atoms with van der Waals surface area (Å²) in [5.74, 6) is 1.65. The lowest BCUT2D eigenvalue weighted by Gasteiger charge is -2.40. The van der Waals surface area contributed by atoms with Gasteiger partial charge in [-0.05, 0) is 92.7 Å². The number of carbonyl (C=O) groups excluding carboxylic acids is 1. The number of nitrogens with zero attached hydrogens (tertiary/aromatic N) is 4. The Morgan fingerprint density at radius 2 is 1.81 bits per heavy atom. The summed E-state index contributed by atoms with van der Waals surface area (Å²) in [5, 5.41) is 3.53. The van der Waals surface area contributed by atoms with E-state index in [0.717, 1.165) is 57.9 Å². The van der Waals surface area contributed by atoms with Crippen molar-refractivity contribution in [1.82, 2.24) is 20.0 Å². The van der Waals surface area contributed by atoms with Crippen LogP contribution in [0.25, 0.3) is 0 Å². The Morgan fingerprint density at radius 1 is 1.16 bits per heavy atom. The summed E-state index contributed by atoms with van der Waals surface area (Å²) in [6.45, 7) is 15.1. The molecule has 7 nitrogen and oxygen atoms in total. The summed E-state index contributed by atoms with van der Waals surface area (Å²) in [5.41, 5.74) is -0.449. The SMILES string of the molecule is CN=C(NCCCCN(C)C(C)C)N1CCC(N(CC2CC2)C(=O)OC(C)(C)C)CC1. The van der Waals surface area contributed by atoms with Crippen molar-refractivity contribution >= 4 is 12.1 Å². The van der Waals surface area contributed by atoms with Crippen molar-refractivity contribution in [2.45, 2.75) is 90.8 Å². The van der Waals surface area contributed by atoms with Gasteiger partial charge in [0.15, 0.2) is 5.96 Å². The topological polar surface area (TPSA) is 60.4 Å². The van der Waals surface area contributed by atoms with E-state index in [1.54, 1.807) is 0 Å². The molecular formula is C24H47N5O2. The molecule has 180 valence electrons. The molecule has 1 N–H and O–H groups in total. The first-order valence-electron chi connectivity index (χ1n) is 12.3. The Bertz CT molecular complexity index is 575. The number of hydrogen-bond acceptors (Lipinski definition) is 4. The molecule has 0 aromatic carbocycles. The minimum absolute atomic E-state index is 0.147. The summed E-state index contributed by atoms with van der Waals surface area (Å²) in [7, 11) is 4.05. The first-order chi connectivity index (χ1) is 14.6. The van der Waals surface area contributed by atoms with Crippen LogP contribution in [0.2, 0.25) is 0 Å². The van der Waals surface area contributed by atoms with Gasteiger partial charge in [-0.25, -0.2) is 4.79 Å². The summed E-state index contributed by atoms with van der Waals surface area (Å²) in [4.78, 5) is 24.1. The van der Waals surface area contributed by atoms with E-state index in [0.29, 0.717) is 12.0 Å². The molecule has 0 spiro atoms. The van der Waals surface area contributed by atoms with E-state index in [-0.39, 0.29) is 12.1 Å². The summed E-state index contributed by atoms with van der Waals surface area (Å²) in [6, 6.07) is 0.860. The molecule has 0 radical (unpaired) electrons. The average Bonchev–Trinajstić information content (AvgIpc) is 3.52. The molecule has 1 saturated heterocycles. The average molecular weight is 438 g/mol. The van der Waals surface area contributed by atoms with Gasteiger partial charge in [-0.3, -0.25) is 4.99 Å². The maximum absolute atomic E-state index is 12.8. The molecule has 0 aromatic heterocycles. The first-order valence-corrected chi connectivity index (χ1v) is 12.3. The molecule has 1 aliphatic heterocycles. The molecule has 1 saturated carbocycles. The number of ether oxygens (including phenoxy) is 1. The fourth-order valence-electron chi connectivity index (χ4n) is 3.94. The van der Waals surface area contributed by atoms with E-state index in [1.165, 1.54) is 19.3 Å². The highest BCUT2D eigenvalue weighted by molar-refractivity contribution is 5.80. The first kappa shape index (κ1) is 25.8.